The van der Waals surface area contributed by atoms with Crippen LogP contribution in [-0.4, -0.2) is 73.0 Å². The SMILES string of the molecule is C=C(C)CN(CC)C(=O)[C@@H]1CCCN(c2cccc3c2C(=O)N(C[C@H]2CCCO2)C3=O)C1. The standard InChI is InChI=1S/C25H33N3O4/c1-4-26(14-17(2)3)23(29)18-8-6-12-27(15-18)21-11-5-10-20-22(21)25(31)28(24(20)30)16-19-9-7-13-32-19/h5,10-11,18-19H,2,4,6-9,12-16H2,1,3H3/t18-,19-/m1/s1. The second-order valence-corrected chi connectivity index (χ2v) is 9.15. The van der Waals surface area contributed by atoms with E-state index in [1.54, 1.807) is 6.07 Å². The van der Waals surface area contributed by atoms with Crippen molar-refractivity contribution in [1.82, 2.24) is 9.80 Å². The molecule has 1 aromatic rings. The summed E-state index contributed by atoms with van der Waals surface area (Å²) in [6, 6.07) is 5.46. The normalized spacial score (nSPS) is 22.9. The first-order valence-corrected chi connectivity index (χ1v) is 11.7. The Kier molecular flexibility index (Phi) is 6.65. The molecule has 1 aromatic carbocycles. The van der Waals surface area contributed by atoms with Crippen LogP contribution in [0.1, 0.15) is 60.2 Å². The fraction of sp³-hybridized carbons (Fsp3) is 0.560. The first-order valence-electron chi connectivity index (χ1n) is 11.7. The van der Waals surface area contributed by atoms with Crippen molar-refractivity contribution in [3.05, 3.63) is 41.5 Å². The second kappa shape index (κ2) is 9.45. The Morgan fingerprint density at radius 1 is 1.22 bits per heavy atom. The molecule has 0 radical (unpaired) electrons. The highest BCUT2D eigenvalue weighted by Crippen LogP contribution is 2.35. The molecule has 0 spiro atoms. The van der Waals surface area contributed by atoms with Gasteiger partial charge in [0, 0.05) is 32.8 Å². The molecule has 4 rings (SSSR count). The van der Waals surface area contributed by atoms with Crippen LogP contribution in [0.2, 0.25) is 0 Å². The van der Waals surface area contributed by atoms with Crippen LogP contribution in [0.25, 0.3) is 0 Å². The number of amides is 3. The maximum absolute atomic E-state index is 13.3. The summed E-state index contributed by atoms with van der Waals surface area (Å²) in [5.74, 6) is -0.489. The lowest BCUT2D eigenvalue weighted by molar-refractivity contribution is -0.135. The van der Waals surface area contributed by atoms with E-state index in [4.69, 9.17) is 4.74 Å². The zero-order valence-electron chi connectivity index (χ0n) is 19.1. The van der Waals surface area contributed by atoms with Gasteiger partial charge in [-0.25, -0.2) is 0 Å². The average Bonchev–Trinajstić information content (AvgIpc) is 3.40. The Hall–Kier alpha value is -2.67. The van der Waals surface area contributed by atoms with Crippen molar-refractivity contribution in [1.29, 1.82) is 0 Å². The van der Waals surface area contributed by atoms with Crippen molar-refractivity contribution >= 4 is 23.4 Å². The van der Waals surface area contributed by atoms with Gasteiger partial charge in [0.05, 0.1) is 35.4 Å². The van der Waals surface area contributed by atoms with E-state index < -0.39 is 0 Å². The van der Waals surface area contributed by atoms with Gasteiger partial charge in [0.25, 0.3) is 11.8 Å². The molecular weight excluding hydrogens is 406 g/mol. The van der Waals surface area contributed by atoms with Gasteiger partial charge in [-0.05, 0) is 51.7 Å². The van der Waals surface area contributed by atoms with Crippen LogP contribution >= 0.6 is 0 Å². The zero-order valence-corrected chi connectivity index (χ0v) is 19.1. The van der Waals surface area contributed by atoms with Crippen molar-refractivity contribution < 1.29 is 19.1 Å². The Balaban J connectivity index is 1.54. The molecule has 0 bridgehead atoms. The highest BCUT2D eigenvalue weighted by atomic mass is 16.5. The molecule has 3 aliphatic rings. The molecule has 2 atom stereocenters. The molecule has 0 saturated carbocycles. The zero-order chi connectivity index (χ0) is 22.8. The first kappa shape index (κ1) is 22.5. The van der Waals surface area contributed by atoms with Crippen molar-refractivity contribution in [2.45, 2.75) is 45.6 Å². The number of anilines is 1. The minimum atomic E-state index is -0.248. The molecule has 2 fully saturated rings. The molecule has 2 saturated heterocycles. The average molecular weight is 440 g/mol. The van der Waals surface area contributed by atoms with Crippen LogP contribution < -0.4 is 4.90 Å². The van der Waals surface area contributed by atoms with Gasteiger partial charge in [-0.3, -0.25) is 19.3 Å². The maximum atomic E-state index is 13.3. The summed E-state index contributed by atoms with van der Waals surface area (Å²) in [4.78, 5) is 44.7. The van der Waals surface area contributed by atoms with Crippen LogP contribution in [0.15, 0.2) is 30.4 Å². The van der Waals surface area contributed by atoms with E-state index in [2.05, 4.69) is 11.5 Å². The predicted molar refractivity (Wildman–Crippen MR) is 123 cm³/mol. The molecule has 7 nitrogen and oxygen atoms in total. The summed E-state index contributed by atoms with van der Waals surface area (Å²) in [7, 11) is 0. The third-order valence-corrected chi connectivity index (χ3v) is 6.65. The first-order chi connectivity index (χ1) is 15.4. The number of imide groups is 1. The number of hydrogen-bond acceptors (Lipinski definition) is 5. The van der Waals surface area contributed by atoms with E-state index in [0.717, 1.165) is 43.5 Å². The van der Waals surface area contributed by atoms with E-state index in [0.29, 0.717) is 43.9 Å². The maximum Gasteiger partial charge on any atom is 0.263 e. The topological polar surface area (TPSA) is 70.2 Å². The number of rotatable bonds is 7. The quantitative estimate of drug-likeness (QED) is 0.482. The van der Waals surface area contributed by atoms with E-state index in [1.807, 2.05) is 30.9 Å². The number of hydrogen-bond donors (Lipinski definition) is 0. The fourth-order valence-corrected chi connectivity index (χ4v) is 5.06. The third kappa shape index (κ3) is 4.31. The largest absolute Gasteiger partial charge is 0.376 e. The highest BCUT2D eigenvalue weighted by Gasteiger charge is 2.41. The summed E-state index contributed by atoms with van der Waals surface area (Å²) >= 11 is 0. The predicted octanol–water partition coefficient (Wildman–Crippen LogP) is 3.10. The van der Waals surface area contributed by atoms with Crippen LogP contribution in [0.4, 0.5) is 5.69 Å². The minimum Gasteiger partial charge on any atom is -0.376 e. The lowest BCUT2D eigenvalue weighted by atomic mass is 9.94. The lowest BCUT2D eigenvalue weighted by Gasteiger charge is -2.36. The van der Waals surface area contributed by atoms with Gasteiger partial charge in [-0.2, -0.15) is 0 Å². The Morgan fingerprint density at radius 2 is 2.03 bits per heavy atom. The Morgan fingerprint density at radius 3 is 2.72 bits per heavy atom. The number of likely N-dealkylation sites (N-methyl/N-ethyl adjacent to an activating group) is 1. The van der Waals surface area contributed by atoms with E-state index in [9.17, 15) is 14.4 Å². The highest BCUT2D eigenvalue weighted by molar-refractivity contribution is 6.23. The summed E-state index contributed by atoms with van der Waals surface area (Å²) in [6.45, 7) is 11.4. The number of carbonyl (C=O) groups excluding carboxylic acids is 3. The molecule has 172 valence electrons. The van der Waals surface area contributed by atoms with Gasteiger partial charge in [0.15, 0.2) is 0 Å². The number of benzene rings is 1. The van der Waals surface area contributed by atoms with Gasteiger partial charge in [0.2, 0.25) is 5.91 Å². The smallest absolute Gasteiger partial charge is 0.263 e. The number of carbonyl (C=O) groups is 3. The summed E-state index contributed by atoms with van der Waals surface area (Å²) in [5, 5.41) is 0. The van der Waals surface area contributed by atoms with E-state index in [-0.39, 0.29) is 29.7 Å². The van der Waals surface area contributed by atoms with Crippen molar-refractivity contribution in [2.75, 3.05) is 44.2 Å². The van der Waals surface area contributed by atoms with Gasteiger partial charge >= 0.3 is 0 Å². The Bertz CT molecular complexity index is 922. The van der Waals surface area contributed by atoms with Crippen LogP contribution in [-0.2, 0) is 9.53 Å². The van der Waals surface area contributed by atoms with Crippen molar-refractivity contribution in [3.8, 4) is 0 Å². The van der Waals surface area contributed by atoms with E-state index >= 15 is 0 Å². The second-order valence-electron chi connectivity index (χ2n) is 9.15. The number of ether oxygens (including phenoxy) is 1. The number of nitrogens with zero attached hydrogens (tertiary/aromatic N) is 3. The summed E-state index contributed by atoms with van der Waals surface area (Å²) in [6.07, 6.45) is 3.45. The van der Waals surface area contributed by atoms with Gasteiger partial charge < -0.3 is 14.5 Å². The number of fused-ring (bicyclic) bond motifs is 1. The monoisotopic (exact) mass is 439 g/mol. The van der Waals surface area contributed by atoms with Gasteiger partial charge in [-0.15, -0.1) is 0 Å². The molecule has 0 unspecified atom stereocenters. The molecule has 0 N–H and O–H groups in total. The molecule has 3 aliphatic heterocycles. The molecule has 0 aliphatic carbocycles. The summed E-state index contributed by atoms with van der Waals surface area (Å²) < 4.78 is 5.65. The van der Waals surface area contributed by atoms with Crippen LogP contribution in [0.5, 0.6) is 0 Å². The minimum absolute atomic E-state index is 0.0778. The molecule has 32 heavy (non-hydrogen) atoms. The third-order valence-electron chi connectivity index (χ3n) is 6.65. The molecule has 3 heterocycles. The Labute approximate surface area is 190 Å². The molecular formula is C25H33N3O4. The summed E-state index contributed by atoms with van der Waals surface area (Å²) in [5.41, 5.74) is 2.65. The molecule has 0 aromatic heterocycles. The van der Waals surface area contributed by atoms with Crippen LogP contribution in [0.3, 0.4) is 0 Å². The fourth-order valence-electron chi connectivity index (χ4n) is 5.06. The molecule has 3 amide bonds. The van der Waals surface area contributed by atoms with Crippen molar-refractivity contribution in [2.24, 2.45) is 5.92 Å². The van der Waals surface area contributed by atoms with Gasteiger partial charge in [0.1, 0.15) is 0 Å². The van der Waals surface area contributed by atoms with Gasteiger partial charge in [-0.1, -0.05) is 18.2 Å². The number of piperidine rings is 1. The van der Waals surface area contributed by atoms with Crippen molar-refractivity contribution in [3.63, 3.8) is 0 Å². The van der Waals surface area contributed by atoms with E-state index in [1.165, 1.54) is 4.90 Å². The lowest BCUT2D eigenvalue weighted by Crippen LogP contribution is -2.45. The molecule has 7 heteroatoms. The van der Waals surface area contributed by atoms with Crippen LogP contribution in [0, 0.1) is 5.92 Å².